The summed E-state index contributed by atoms with van der Waals surface area (Å²) in [6.07, 6.45) is 1.45. The predicted molar refractivity (Wildman–Crippen MR) is 89.7 cm³/mol. The maximum atomic E-state index is 12.1. The zero-order valence-electron chi connectivity index (χ0n) is 13.1. The van der Waals surface area contributed by atoms with Crippen molar-refractivity contribution in [3.8, 4) is 5.75 Å². The summed E-state index contributed by atoms with van der Waals surface area (Å²) in [5.41, 5.74) is 6.23. The van der Waals surface area contributed by atoms with E-state index in [1.165, 1.54) is 17.9 Å². The topological polar surface area (TPSA) is 119 Å². The van der Waals surface area contributed by atoms with Crippen molar-refractivity contribution in [2.24, 2.45) is 5.73 Å². The minimum absolute atomic E-state index is 0.0820. The van der Waals surface area contributed by atoms with Crippen LogP contribution < -0.4 is 15.8 Å². The molecule has 2 rings (SSSR count). The van der Waals surface area contributed by atoms with Crippen LogP contribution in [0.4, 0.5) is 5.69 Å². The highest BCUT2D eigenvalue weighted by Crippen LogP contribution is 2.24. The van der Waals surface area contributed by atoms with Crippen molar-refractivity contribution in [2.75, 3.05) is 18.2 Å². The van der Waals surface area contributed by atoms with Gasteiger partial charge < -0.3 is 25.5 Å². The second-order valence-electron chi connectivity index (χ2n) is 4.78. The van der Waals surface area contributed by atoms with Crippen LogP contribution in [0, 0.1) is 0 Å². The Bertz CT molecular complexity index is 732. The van der Waals surface area contributed by atoms with Crippen LogP contribution in [-0.2, 0) is 22.7 Å². The fourth-order valence-electron chi connectivity index (χ4n) is 2.02. The number of primary amides is 1. The largest absolute Gasteiger partial charge is 0.495 e. The van der Waals surface area contributed by atoms with Crippen LogP contribution >= 0.6 is 11.8 Å². The van der Waals surface area contributed by atoms with Crippen LogP contribution in [0.5, 0.6) is 5.75 Å². The maximum Gasteiger partial charge on any atom is 0.237 e. The van der Waals surface area contributed by atoms with E-state index in [9.17, 15) is 14.7 Å². The van der Waals surface area contributed by atoms with Crippen molar-refractivity contribution >= 4 is 29.3 Å². The molecule has 8 nitrogen and oxygen atoms in total. The van der Waals surface area contributed by atoms with E-state index in [4.69, 9.17) is 10.5 Å². The molecule has 0 spiro atoms. The number of carbonyl (C=O) groups is 2. The first-order valence-electron chi connectivity index (χ1n) is 7.04. The number of methoxy groups -OCH3 is 1. The molecule has 1 heterocycles. The van der Waals surface area contributed by atoms with E-state index in [1.54, 1.807) is 24.3 Å². The molecule has 24 heavy (non-hydrogen) atoms. The normalized spacial score (nSPS) is 10.4. The number of benzene rings is 1. The summed E-state index contributed by atoms with van der Waals surface area (Å²) in [7, 11) is 1.52. The molecule has 1 aromatic carbocycles. The molecule has 2 amide bonds. The van der Waals surface area contributed by atoms with Crippen LogP contribution in [-0.4, -0.2) is 39.3 Å². The quantitative estimate of drug-likeness (QED) is 0.600. The molecule has 4 N–H and O–H groups in total. The summed E-state index contributed by atoms with van der Waals surface area (Å²) in [4.78, 5) is 27.3. The van der Waals surface area contributed by atoms with Gasteiger partial charge in [-0.1, -0.05) is 23.9 Å². The summed E-state index contributed by atoms with van der Waals surface area (Å²) in [5.74, 6) is -0.154. The molecule has 0 aliphatic heterocycles. The lowest BCUT2D eigenvalue weighted by atomic mass is 10.3. The molecule has 0 aliphatic rings. The van der Waals surface area contributed by atoms with Gasteiger partial charge in [0.25, 0.3) is 0 Å². The number of imidazole rings is 1. The molecule has 0 fully saturated rings. The fraction of sp³-hybridized carbons (Fsp3) is 0.267. The summed E-state index contributed by atoms with van der Waals surface area (Å²) in [5, 5.41) is 12.4. The molecule has 128 valence electrons. The van der Waals surface area contributed by atoms with Crippen molar-refractivity contribution in [2.45, 2.75) is 18.3 Å². The van der Waals surface area contributed by atoms with Crippen molar-refractivity contribution in [3.05, 3.63) is 36.2 Å². The third-order valence-corrected chi connectivity index (χ3v) is 4.08. The molecule has 0 atom stereocenters. The van der Waals surface area contributed by atoms with Gasteiger partial charge in [0.2, 0.25) is 11.8 Å². The first-order chi connectivity index (χ1) is 11.5. The molecule has 0 bridgehead atoms. The van der Waals surface area contributed by atoms with E-state index >= 15 is 0 Å². The number of ether oxygens (including phenoxy) is 1. The number of nitrogens with two attached hydrogens (primary N) is 1. The van der Waals surface area contributed by atoms with E-state index in [0.717, 1.165) is 11.8 Å². The van der Waals surface area contributed by atoms with Gasteiger partial charge >= 0.3 is 0 Å². The highest BCUT2D eigenvalue weighted by atomic mass is 32.2. The minimum Gasteiger partial charge on any atom is -0.495 e. The van der Waals surface area contributed by atoms with Gasteiger partial charge in [-0.25, -0.2) is 4.98 Å². The van der Waals surface area contributed by atoms with Gasteiger partial charge in [-0.05, 0) is 12.1 Å². The lowest BCUT2D eigenvalue weighted by Gasteiger charge is -2.10. The van der Waals surface area contributed by atoms with E-state index in [1.807, 2.05) is 0 Å². The lowest BCUT2D eigenvalue weighted by Crippen LogP contribution is -2.21. The Labute approximate surface area is 143 Å². The molecular formula is C15H18N4O4S. The minimum atomic E-state index is -0.553. The Morgan fingerprint density at radius 2 is 2.17 bits per heavy atom. The average molecular weight is 350 g/mol. The highest BCUT2D eigenvalue weighted by molar-refractivity contribution is 7.99. The van der Waals surface area contributed by atoms with Gasteiger partial charge in [0, 0.05) is 0 Å². The van der Waals surface area contributed by atoms with Crippen LogP contribution in [0.25, 0.3) is 0 Å². The average Bonchev–Trinajstić information content (AvgIpc) is 2.94. The second kappa shape index (κ2) is 8.37. The number of rotatable bonds is 8. The number of nitrogens with zero attached hydrogens (tertiary/aromatic N) is 2. The number of amides is 2. The number of thioether (sulfide) groups is 1. The van der Waals surface area contributed by atoms with Gasteiger partial charge in [-0.15, -0.1) is 0 Å². The molecule has 0 unspecified atom stereocenters. The van der Waals surface area contributed by atoms with Crippen molar-refractivity contribution in [1.82, 2.24) is 9.55 Å². The molecule has 1 aromatic heterocycles. The summed E-state index contributed by atoms with van der Waals surface area (Å²) < 4.78 is 6.66. The number of hydrogen-bond acceptors (Lipinski definition) is 6. The Kier molecular flexibility index (Phi) is 6.21. The Balaban J connectivity index is 2.01. The van der Waals surface area contributed by atoms with Crippen molar-refractivity contribution < 1.29 is 19.4 Å². The molecular weight excluding hydrogens is 332 g/mol. The SMILES string of the molecule is COc1ccccc1NC(=O)CSc1ncc(CO)n1CC(N)=O. The number of carbonyl (C=O) groups excluding carboxylic acids is 2. The van der Waals surface area contributed by atoms with Crippen LogP contribution in [0.15, 0.2) is 35.6 Å². The standard InChI is InChI=1S/C15H18N4O4S/c1-23-12-5-3-2-4-11(12)18-14(22)9-24-15-17-6-10(8-20)19(15)7-13(16)21/h2-6,20H,7-9H2,1H3,(H2,16,21)(H,18,22). The van der Waals surface area contributed by atoms with Gasteiger partial charge in [-0.3, -0.25) is 9.59 Å². The monoisotopic (exact) mass is 350 g/mol. The Morgan fingerprint density at radius 1 is 1.42 bits per heavy atom. The fourth-order valence-corrected chi connectivity index (χ4v) is 2.82. The van der Waals surface area contributed by atoms with E-state index in [2.05, 4.69) is 10.3 Å². The number of aliphatic hydroxyl groups is 1. The molecule has 0 saturated carbocycles. The maximum absolute atomic E-state index is 12.1. The molecule has 0 saturated heterocycles. The third kappa shape index (κ3) is 4.49. The number of aliphatic hydroxyl groups excluding tert-OH is 1. The third-order valence-electron chi connectivity index (χ3n) is 3.09. The van der Waals surface area contributed by atoms with E-state index in [-0.39, 0.29) is 24.8 Å². The van der Waals surface area contributed by atoms with Gasteiger partial charge in [0.15, 0.2) is 5.16 Å². The number of aromatic nitrogens is 2. The summed E-state index contributed by atoms with van der Waals surface area (Å²) in [6.45, 7) is -0.374. The van der Waals surface area contributed by atoms with Crippen molar-refractivity contribution in [1.29, 1.82) is 0 Å². The number of hydrogen-bond donors (Lipinski definition) is 3. The van der Waals surface area contributed by atoms with Crippen LogP contribution in [0.3, 0.4) is 0 Å². The molecule has 2 aromatic rings. The summed E-state index contributed by atoms with van der Waals surface area (Å²) in [6, 6.07) is 7.08. The number of anilines is 1. The smallest absolute Gasteiger partial charge is 0.237 e. The van der Waals surface area contributed by atoms with Crippen LogP contribution in [0.2, 0.25) is 0 Å². The van der Waals surface area contributed by atoms with Gasteiger partial charge in [0.05, 0.1) is 37.0 Å². The van der Waals surface area contributed by atoms with Gasteiger partial charge in [0.1, 0.15) is 12.3 Å². The van der Waals surface area contributed by atoms with Crippen LogP contribution in [0.1, 0.15) is 5.69 Å². The zero-order chi connectivity index (χ0) is 17.5. The number of nitrogens with one attached hydrogen (secondary N) is 1. The van der Waals surface area contributed by atoms with Crippen molar-refractivity contribution in [3.63, 3.8) is 0 Å². The first kappa shape index (κ1) is 17.8. The zero-order valence-corrected chi connectivity index (χ0v) is 13.9. The predicted octanol–water partition coefficient (Wildman–Crippen LogP) is 0.600. The Hall–Kier alpha value is -2.52. The highest BCUT2D eigenvalue weighted by Gasteiger charge is 2.14. The first-order valence-corrected chi connectivity index (χ1v) is 8.03. The molecule has 0 radical (unpaired) electrons. The van der Waals surface area contributed by atoms with Gasteiger partial charge in [-0.2, -0.15) is 0 Å². The second-order valence-corrected chi connectivity index (χ2v) is 5.72. The number of para-hydroxylation sites is 2. The summed E-state index contributed by atoms with van der Waals surface area (Å²) >= 11 is 1.15. The van der Waals surface area contributed by atoms with E-state index < -0.39 is 5.91 Å². The molecule has 0 aliphatic carbocycles. The lowest BCUT2D eigenvalue weighted by molar-refractivity contribution is -0.118. The van der Waals surface area contributed by atoms with E-state index in [0.29, 0.717) is 22.3 Å². The Morgan fingerprint density at radius 3 is 2.83 bits per heavy atom. The molecule has 9 heteroatoms.